The zero-order chi connectivity index (χ0) is 21.6. The Morgan fingerprint density at radius 1 is 1.16 bits per heavy atom. The van der Waals surface area contributed by atoms with Crippen LogP contribution in [0.1, 0.15) is 44.6 Å². The standard InChI is InChI=1S/C25H26N2O3S/c1-18-5-2-6-19(15-18)7-3-13-26-24(29)20-9-11-21(12-10-20)25-27(23(28)17-31-25)16-22-8-4-14-30-22/h2,4-6,8-12,14-15,25H,3,7,13,16-17H2,1H3,(H,26,29)/t25-/m0/s1. The summed E-state index contributed by atoms with van der Waals surface area (Å²) in [6, 6.07) is 19.7. The third-order valence-corrected chi connectivity index (χ3v) is 6.60. The van der Waals surface area contributed by atoms with E-state index >= 15 is 0 Å². The van der Waals surface area contributed by atoms with Crippen LogP contribution < -0.4 is 5.32 Å². The van der Waals surface area contributed by atoms with Gasteiger partial charge in [-0.05, 0) is 55.2 Å². The molecule has 1 aliphatic rings. The fourth-order valence-electron chi connectivity index (χ4n) is 3.73. The summed E-state index contributed by atoms with van der Waals surface area (Å²) in [7, 11) is 0. The van der Waals surface area contributed by atoms with Crippen LogP contribution in [0.5, 0.6) is 0 Å². The number of hydrogen-bond acceptors (Lipinski definition) is 4. The summed E-state index contributed by atoms with van der Waals surface area (Å²) in [4.78, 5) is 26.6. The summed E-state index contributed by atoms with van der Waals surface area (Å²) in [6.07, 6.45) is 3.46. The van der Waals surface area contributed by atoms with Gasteiger partial charge in [-0.2, -0.15) is 0 Å². The number of benzene rings is 2. The number of furan rings is 1. The first-order valence-electron chi connectivity index (χ1n) is 10.5. The third kappa shape index (κ3) is 5.39. The Kier molecular flexibility index (Phi) is 6.77. The van der Waals surface area contributed by atoms with Crippen LogP contribution in [0.3, 0.4) is 0 Å². The number of nitrogens with zero attached hydrogens (tertiary/aromatic N) is 1. The van der Waals surface area contributed by atoms with Gasteiger partial charge in [-0.15, -0.1) is 11.8 Å². The van der Waals surface area contributed by atoms with Gasteiger partial charge in [0.25, 0.3) is 5.91 Å². The van der Waals surface area contributed by atoms with Gasteiger partial charge in [0.1, 0.15) is 11.1 Å². The molecule has 0 radical (unpaired) electrons. The van der Waals surface area contributed by atoms with E-state index in [0.717, 1.165) is 24.2 Å². The third-order valence-electron chi connectivity index (χ3n) is 5.34. The van der Waals surface area contributed by atoms with E-state index in [1.54, 1.807) is 18.0 Å². The van der Waals surface area contributed by atoms with Gasteiger partial charge in [-0.25, -0.2) is 0 Å². The predicted molar refractivity (Wildman–Crippen MR) is 123 cm³/mol. The van der Waals surface area contributed by atoms with Crippen LogP contribution >= 0.6 is 11.8 Å². The molecule has 6 heteroatoms. The molecule has 0 spiro atoms. The normalized spacial score (nSPS) is 16.0. The van der Waals surface area contributed by atoms with E-state index in [1.165, 1.54) is 11.1 Å². The van der Waals surface area contributed by atoms with Crippen molar-refractivity contribution in [2.24, 2.45) is 0 Å². The van der Waals surface area contributed by atoms with Gasteiger partial charge in [-0.1, -0.05) is 42.0 Å². The molecular weight excluding hydrogens is 408 g/mol. The molecule has 160 valence electrons. The lowest BCUT2D eigenvalue weighted by atomic mass is 10.1. The molecule has 3 aromatic rings. The number of rotatable bonds is 8. The molecule has 0 unspecified atom stereocenters. The van der Waals surface area contributed by atoms with E-state index < -0.39 is 0 Å². The smallest absolute Gasteiger partial charge is 0.251 e. The molecule has 5 nitrogen and oxygen atoms in total. The predicted octanol–water partition coefficient (Wildman–Crippen LogP) is 4.72. The second-order valence-electron chi connectivity index (χ2n) is 7.73. The topological polar surface area (TPSA) is 62.6 Å². The van der Waals surface area contributed by atoms with Crippen LogP contribution in [0.2, 0.25) is 0 Å². The number of thioether (sulfide) groups is 1. The SMILES string of the molecule is Cc1cccc(CCCNC(=O)c2ccc([C@@H]3SCC(=O)N3Cc3ccco3)cc2)c1. The Balaban J connectivity index is 1.31. The van der Waals surface area contributed by atoms with E-state index in [4.69, 9.17) is 4.42 Å². The van der Waals surface area contributed by atoms with Crippen molar-refractivity contribution in [3.63, 3.8) is 0 Å². The number of carbonyl (C=O) groups excluding carboxylic acids is 2. The lowest BCUT2D eigenvalue weighted by Gasteiger charge is -2.23. The highest BCUT2D eigenvalue weighted by atomic mass is 32.2. The Bertz CT molecular complexity index is 1030. The Morgan fingerprint density at radius 2 is 2.00 bits per heavy atom. The van der Waals surface area contributed by atoms with Gasteiger partial charge in [0.05, 0.1) is 18.6 Å². The van der Waals surface area contributed by atoms with Crippen molar-refractivity contribution < 1.29 is 14.0 Å². The first-order chi connectivity index (χ1) is 15.1. The highest BCUT2D eigenvalue weighted by Crippen LogP contribution is 2.39. The molecule has 4 rings (SSSR count). The van der Waals surface area contributed by atoms with Gasteiger partial charge in [0, 0.05) is 12.1 Å². The zero-order valence-corrected chi connectivity index (χ0v) is 18.4. The van der Waals surface area contributed by atoms with Crippen LogP contribution in [-0.4, -0.2) is 29.0 Å². The maximum absolute atomic E-state index is 12.5. The number of nitrogens with one attached hydrogen (secondary N) is 1. The average molecular weight is 435 g/mol. The molecule has 1 fully saturated rings. The van der Waals surface area contributed by atoms with Crippen molar-refractivity contribution in [3.05, 3.63) is 94.9 Å². The van der Waals surface area contributed by atoms with Gasteiger partial charge < -0.3 is 14.6 Å². The first kappa shape index (κ1) is 21.2. The summed E-state index contributed by atoms with van der Waals surface area (Å²) >= 11 is 1.60. The summed E-state index contributed by atoms with van der Waals surface area (Å²) in [5.74, 6) is 1.25. The second-order valence-corrected chi connectivity index (χ2v) is 8.80. The fraction of sp³-hybridized carbons (Fsp3) is 0.280. The summed E-state index contributed by atoms with van der Waals surface area (Å²) in [5, 5.41) is 2.93. The number of amides is 2. The Labute approximate surface area is 186 Å². The molecule has 2 amide bonds. The molecule has 1 saturated heterocycles. The van der Waals surface area contributed by atoms with Crippen LogP contribution in [0.4, 0.5) is 0 Å². The van der Waals surface area contributed by atoms with E-state index in [-0.39, 0.29) is 17.2 Å². The molecule has 0 aliphatic carbocycles. The van der Waals surface area contributed by atoms with Crippen LogP contribution in [0.25, 0.3) is 0 Å². The van der Waals surface area contributed by atoms with Gasteiger partial charge in [-0.3, -0.25) is 9.59 Å². The largest absolute Gasteiger partial charge is 0.467 e. The Hall–Kier alpha value is -2.99. The number of aryl methyl sites for hydroxylation is 2. The van der Waals surface area contributed by atoms with Crippen molar-refractivity contribution in [1.29, 1.82) is 0 Å². The van der Waals surface area contributed by atoms with Crippen LogP contribution in [-0.2, 0) is 17.8 Å². The summed E-state index contributed by atoms with van der Waals surface area (Å²) in [5.41, 5.74) is 4.19. The van der Waals surface area contributed by atoms with Crippen molar-refractivity contribution in [1.82, 2.24) is 10.2 Å². The maximum Gasteiger partial charge on any atom is 0.251 e. The lowest BCUT2D eigenvalue weighted by Crippen LogP contribution is -2.27. The fourth-order valence-corrected chi connectivity index (χ4v) is 4.92. The molecule has 31 heavy (non-hydrogen) atoms. The van der Waals surface area contributed by atoms with Gasteiger partial charge in [0.15, 0.2) is 0 Å². The average Bonchev–Trinajstić information content (AvgIpc) is 3.42. The minimum atomic E-state index is -0.0709. The van der Waals surface area contributed by atoms with E-state index in [1.807, 2.05) is 41.3 Å². The van der Waals surface area contributed by atoms with Gasteiger partial charge in [0.2, 0.25) is 5.91 Å². The van der Waals surface area contributed by atoms with E-state index in [9.17, 15) is 9.59 Å². The van der Waals surface area contributed by atoms with Crippen LogP contribution in [0.15, 0.2) is 71.3 Å². The molecule has 0 saturated carbocycles. The number of hydrogen-bond donors (Lipinski definition) is 1. The summed E-state index contributed by atoms with van der Waals surface area (Å²) in [6.45, 7) is 3.18. The quantitative estimate of drug-likeness (QED) is 0.521. The highest BCUT2D eigenvalue weighted by Gasteiger charge is 2.33. The molecular formula is C25H26N2O3S. The van der Waals surface area contributed by atoms with E-state index in [0.29, 0.717) is 24.4 Å². The minimum Gasteiger partial charge on any atom is -0.467 e. The zero-order valence-electron chi connectivity index (χ0n) is 17.5. The highest BCUT2D eigenvalue weighted by molar-refractivity contribution is 8.00. The maximum atomic E-state index is 12.5. The van der Waals surface area contributed by atoms with E-state index in [2.05, 4.69) is 36.5 Å². The minimum absolute atomic E-state index is 0.0657. The lowest BCUT2D eigenvalue weighted by molar-refractivity contribution is -0.128. The molecule has 0 bridgehead atoms. The van der Waals surface area contributed by atoms with Crippen molar-refractivity contribution in [3.8, 4) is 0 Å². The molecule has 1 N–H and O–H groups in total. The molecule has 2 heterocycles. The first-order valence-corrected chi connectivity index (χ1v) is 11.5. The summed E-state index contributed by atoms with van der Waals surface area (Å²) < 4.78 is 5.40. The van der Waals surface area contributed by atoms with Crippen molar-refractivity contribution in [2.75, 3.05) is 12.3 Å². The monoisotopic (exact) mass is 434 g/mol. The molecule has 2 aromatic carbocycles. The van der Waals surface area contributed by atoms with Gasteiger partial charge >= 0.3 is 0 Å². The van der Waals surface area contributed by atoms with Crippen LogP contribution in [0, 0.1) is 6.92 Å². The van der Waals surface area contributed by atoms with Crippen molar-refractivity contribution >= 4 is 23.6 Å². The number of carbonyl (C=O) groups is 2. The van der Waals surface area contributed by atoms with Crippen molar-refractivity contribution in [2.45, 2.75) is 31.7 Å². The molecule has 1 aliphatic heterocycles. The Morgan fingerprint density at radius 3 is 2.74 bits per heavy atom. The molecule has 1 atom stereocenters. The molecule has 1 aromatic heterocycles. The second kappa shape index (κ2) is 9.88.